The van der Waals surface area contributed by atoms with Gasteiger partial charge in [-0.05, 0) is 26.2 Å². The summed E-state index contributed by atoms with van der Waals surface area (Å²) in [7, 11) is 0. The van der Waals surface area contributed by atoms with Gasteiger partial charge in [0.05, 0.1) is 12.2 Å². The Morgan fingerprint density at radius 2 is 2.08 bits per heavy atom. The van der Waals surface area contributed by atoms with Crippen molar-refractivity contribution in [3.05, 3.63) is 24.8 Å². The molecular weight excluding hydrogens is 152 g/mol. The summed E-state index contributed by atoms with van der Waals surface area (Å²) in [4.78, 5) is 0. The fourth-order valence-electron chi connectivity index (χ4n) is 0.878. The highest BCUT2D eigenvalue weighted by molar-refractivity contribution is 4.96. The summed E-state index contributed by atoms with van der Waals surface area (Å²) in [6, 6.07) is 0. The van der Waals surface area contributed by atoms with Gasteiger partial charge in [0.2, 0.25) is 0 Å². The van der Waals surface area contributed by atoms with E-state index in [9.17, 15) is 5.11 Å². The highest BCUT2D eigenvalue weighted by Gasteiger charge is 2.08. The lowest BCUT2D eigenvalue weighted by atomic mass is 10.1. The zero-order valence-corrected chi connectivity index (χ0v) is 7.61. The molecule has 0 aliphatic heterocycles. The van der Waals surface area contributed by atoms with Crippen LogP contribution < -0.4 is 0 Å². The second-order valence-electron chi connectivity index (χ2n) is 2.90. The predicted octanol–water partition coefficient (Wildman–Crippen LogP) is 1.64. The van der Waals surface area contributed by atoms with E-state index in [1.807, 2.05) is 12.2 Å². The van der Waals surface area contributed by atoms with Crippen molar-refractivity contribution in [1.82, 2.24) is 0 Å². The number of hydrogen-bond acceptors (Lipinski definition) is 2. The quantitative estimate of drug-likeness (QED) is 0.470. The van der Waals surface area contributed by atoms with Crippen LogP contribution in [-0.4, -0.2) is 22.4 Å². The first-order valence-corrected chi connectivity index (χ1v) is 4.32. The third kappa shape index (κ3) is 6.13. The zero-order chi connectivity index (χ0) is 9.40. The molecule has 0 aromatic heterocycles. The molecule has 0 aromatic rings. The molecule has 0 aliphatic rings. The summed E-state index contributed by atoms with van der Waals surface area (Å²) in [5, 5.41) is 18.1. The van der Waals surface area contributed by atoms with E-state index in [4.69, 9.17) is 5.11 Å². The van der Waals surface area contributed by atoms with Gasteiger partial charge in [0.25, 0.3) is 0 Å². The van der Waals surface area contributed by atoms with Crippen LogP contribution >= 0.6 is 0 Å². The van der Waals surface area contributed by atoms with Crippen LogP contribution in [0.3, 0.4) is 0 Å². The molecule has 0 aromatic carbocycles. The lowest BCUT2D eigenvalue weighted by Crippen LogP contribution is -2.21. The fraction of sp³-hybridized carbons (Fsp3) is 0.600. The number of allylic oxidation sites excluding steroid dienone is 3. The molecule has 0 fully saturated rings. The average Bonchev–Trinajstić information content (AvgIpc) is 2.03. The SMILES string of the molecule is C=CC=CCCCC(O)C(C)O. The van der Waals surface area contributed by atoms with Crippen LogP contribution in [0.25, 0.3) is 0 Å². The van der Waals surface area contributed by atoms with Crippen LogP contribution in [0.2, 0.25) is 0 Å². The monoisotopic (exact) mass is 170 g/mol. The molecule has 0 saturated carbocycles. The Balaban J connectivity index is 3.30. The first kappa shape index (κ1) is 11.4. The standard InChI is InChI=1S/C10H18O2/c1-3-4-5-6-7-8-10(12)9(2)11/h3-5,9-12H,1,6-8H2,2H3. The van der Waals surface area contributed by atoms with Gasteiger partial charge in [-0.2, -0.15) is 0 Å². The minimum Gasteiger partial charge on any atom is -0.391 e. The van der Waals surface area contributed by atoms with E-state index in [2.05, 4.69) is 6.58 Å². The van der Waals surface area contributed by atoms with Crippen LogP contribution in [0.1, 0.15) is 26.2 Å². The summed E-state index contributed by atoms with van der Waals surface area (Å²) in [5.41, 5.74) is 0. The van der Waals surface area contributed by atoms with Crippen molar-refractivity contribution >= 4 is 0 Å². The Labute approximate surface area is 74.2 Å². The van der Waals surface area contributed by atoms with Crippen LogP contribution in [0.5, 0.6) is 0 Å². The molecule has 2 N–H and O–H groups in total. The summed E-state index contributed by atoms with van der Waals surface area (Å²) < 4.78 is 0. The van der Waals surface area contributed by atoms with Crippen LogP contribution in [0.4, 0.5) is 0 Å². The van der Waals surface area contributed by atoms with E-state index in [1.54, 1.807) is 13.0 Å². The first-order chi connectivity index (χ1) is 5.68. The van der Waals surface area contributed by atoms with Gasteiger partial charge in [-0.1, -0.05) is 24.8 Å². The molecule has 2 atom stereocenters. The molecule has 70 valence electrons. The van der Waals surface area contributed by atoms with E-state index in [-0.39, 0.29) is 0 Å². The van der Waals surface area contributed by atoms with Gasteiger partial charge in [0.15, 0.2) is 0 Å². The third-order valence-corrected chi connectivity index (χ3v) is 1.70. The normalized spacial score (nSPS) is 16.2. The van der Waals surface area contributed by atoms with E-state index < -0.39 is 12.2 Å². The average molecular weight is 170 g/mol. The first-order valence-electron chi connectivity index (χ1n) is 4.32. The lowest BCUT2D eigenvalue weighted by molar-refractivity contribution is 0.0252. The number of aliphatic hydroxyl groups is 2. The number of aliphatic hydroxyl groups excluding tert-OH is 2. The molecule has 0 amide bonds. The van der Waals surface area contributed by atoms with E-state index in [0.717, 1.165) is 12.8 Å². The largest absolute Gasteiger partial charge is 0.391 e. The van der Waals surface area contributed by atoms with Gasteiger partial charge < -0.3 is 10.2 Å². The van der Waals surface area contributed by atoms with E-state index in [0.29, 0.717) is 6.42 Å². The number of rotatable bonds is 6. The van der Waals surface area contributed by atoms with Gasteiger partial charge in [-0.25, -0.2) is 0 Å². The van der Waals surface area contributed by atoms with Crippen molar-refractivity contribution in [1.29, 1.82) is 0 Å². The number of hydrogen-bond donors (Lipinski definition) is 2. The number of unbranched alkanes of at least 4 members (excludes halogenated alkanes) is 1. The van der Waals surface area contributed by atoms with E-state index in [1.165, 1.54) is 0 Å². The Morgan fingerprint density at radius 1 is 1.42 bits per heavy atom. The molecule has 0 heterocycles. The Bertz CT molecular complexity index is 139. The molecule has 0 rings (SSSR count). The smallest absolute Gasteiger partial charge is 0.0796 e. The van der Waals surface area contributed by atoms with Crippen molar-refractivity contribution in [2.24, 2.45) is 0 Å². The minimum absolute atomic E-state index is 0.581. The molecule has 2 heteroatoms. The van der Waals surface area contributed by atoms with Crippen molar-refractivity contribution in [3.8, 4) is 0 Å². The summed E-state index contributed by atoms with van der Waals surface area (Å²) in [6.45, 7) is 5.15. The van der Waals surface area contributed by atoms with Crippen LogP contribution in [0.15, 0.2) is 24.8 Å². The van der Waals surface area contributed by atoms with Gasteiger partial charge >= 0.3 is 0 Å². The highest BCUT2D eigenvalue weighted by atomic mass is 16.3. The Kier molecular flexibility index (Phi) is 6.72. The van der Waals surface area contributed by atoms with Crippen molar-refractivity contribution in [2.75, 3.05) is 0 Å². The lowest BCUT2D eigenvalue weighted by Gasteiger charge is -2.11. The molecule has 0 saturated heterocycles. The van der Waals surface area contributed by atoms with Gasteiger partial charge in [-0.3, -0.25) is 0 Å². The van der Waals surface area contributed by atoms with E-state index >= 15 is 0 Å². The van der Waals surface area contributed by atoms with Crippen molar-refractivity contribution in [2.45, 2.75) is 38.4 Å². The molecule has 0 radical (unpaired) electrons. The second-order valence-corrected chi connectivity index (χ2v) is 2.90. The summed E-state index contributed by atoms with van der Waals surface area (Å²) in [5.74, 6) is 0. The van der Waals surface area contributed by atoms with Crippen molar-refractivity contribution in [3.63, 3.8) is 0 Å². The van der Waals surface area contributed by atoms with Gasteiger partial charge in [0.1, 0.15) is 0 Å². The molecular formula is C10H18O2. The summed E-state index contributed by atoms with van der Waals surface area (Å²) >= 11 is 0. The highest BCUT2D eigenvalue weighted by Crippen LogP contribution is 2.04. The maximum absolute atomic E-state index is 9.19. The second kappa shape index (κ2) is 7.07. The van der Waals surface area contributed by atoms with Gasteiger partial charge in [-0.15, -0.1) is 0 Å². The van der Waals surface area contributed by atoms with Crippen LogP contribution in [0, 0.1) is 0 Å². The Hall–Kier alpha value is -0.600. The molecule has 2 nitrogen and oxygen atoms in total. The molecule has 0 aliphatic carbocycles. The van der Waals surface area contributed by atoms with Crippen molar-refractivity contribution < 1.29 is 10.2 Å². The third-order valence-electron chi connectivity index (χ3n) is 1.70. The molecule has 2 unspecified atom stereocenters. The predicted molar refractivity (Wildman–Crippen MR) is 50.9 cm³/mol. The fourth-order valence-corrected chi connectivity index (χ4v) is 0.878. The minimum atomic E-state index is -0.617. The van der Waals surface area contributed by atoms with Crippen LogP contribution in [-0.2, 0) is 0 Å². The Morgan fingerprint density at radius 3 is 2.58 bits per heavy atom. The zero-order valence-electron chi connectivity index (χ0n) is 7.61. The maximum Gasteiger partial charge on any atom is 0.0796 e. The van der Waals surface area contributed by atoms with Gasteiger partial charge in [0, 0.05) is 0 Å². The molecule has 12 heavy (non-hydrogen) atoms. The summed E-state index contributed by atoms with van der Waals surface area (Å²) in [6.07, 6.45) is 6.89. The molecule has 0 bridgehead atoms. The topological polar surface area (TPSA) is 40.5 Å². The maximum atomic E-state index is 9.19. The molecule has 0 spiro atoms.